The van der Waals surface area contributed by atoms with E-state index in [2.05, 4.69) is 10.3 Å². The Morgan fingerprint density at radius 3 is 2.50 bits per heavy atom. The molecule has 0 aliphatic carbocycles. The standard InChI is InChI=1S/C19H24N4O3/c1-4-20-19(25)23-9-7-22(8-10-23)18(24)16-11-14-5-6-15(26-3)12-17(14)21-13(16)2/h5-6,11-12H,4,7-10H2,1-3H3,(H,20,25). The molecule has 3 rings (SSSR count). The lowest BCUT2D eigenvalue weighted by atomic mass is 10.1. The second-order valence-electron chi connectivity index (χ2n) is 6.29. The molecule has 0 radical (unpaired) electrons. The minimum atomic E-state index is -0.0721. The quantitative estimate of drug-likeness (QED) is 0.913. The zero-order valence-electron chi connectivity index (χ0n) is 15.4. The van der Waals surface area contributed by atoms with Crippen molar-refractivity contribution in [3.05, 3.63) is 35.5 Å². The molecule has 1 aliphatic rings. The second kappa shape index (κ2) is 7.59. The first-order valence-corrected chi connectivity index (χ1v) is 8.81. The number of hydrogen-bond donors (Lipinski definition) is 1. The number of aromatic nitrogens is 1. The van der Waals surface area contributed by atoms with E-state index in [9.17, 15) is 9.59 Å². The van der Waals surface area contributed by atoms with E-state index in [0.29, 0.717) is 44.0 Å². The fourth-order valence-electron chi connectivity index (χ4n) is 3.13. The largest absolute Gasteiger partial charge is 0.497 e. The van der Waals surface area contributed by atoms with Gasteiger partial charge < -0.3 is 19.9 Å². The number of nitrogens with one attached hydrogen (secondary N) is 1. The minimum Gasteiger partial charge on any atom is -0.497 e. The Hall–Kier alpha value is -2.83. The number of fused-ring (bicyclic) bond motifs is 1. The molecule has 0 bridgehead atoms. The Labute approximate surface area is 152 Å². The van der Waals surface area contributed by atoms with Gasteiger partial charge >= 0.3 is 6.03 Å². The zero-order valence-corrected chi connectivity index (χ0v) is 15.4. The molecule has 1 saturated heterocycles. The number of amides is 3. The topological polar surface area (TPSA) is 74.8 Å². The predicted octanol–water partition coefficient (Wildman–Crippen LogP) is 2.04. The third-order valence-electron chi connectivity index (χ3n) is 4.63. The van der Waals surface area contributed by atoms with Gasteiger partial charge in [0.25, 0.3) is 5.91 Å². The van der Waals surface area contributed by atoms with E-state index in [4.69, 9.17) is 4.74 Å². The van der Waals surface area contributed by atoms with Crippen LogP contribution >= 0.6 is 0 Å². The number of piperazine rings is 1. The first-order valence-electron chi connectivity index (χ1n) is 8.81. The Balaban J connectivity index is 1.76. The van der Waals surface area contributed by atoms with Gasteiger partial charge in [0.1, 0.15) is 5.75 Å². The maximum Gasteiger partial charge on any atom is 0.317 e. The van der Waals surface area contributed by atoms with Gasteiger partial charge in [0.2, 0.25) is 0 Å². The number of hydrogen-bond acceptors (Lipinski definition) is 4. The van der Waals surface area contributed by atoms with E-state index in [1.807, 2.05) is 38.1 Å². The van der Waals surface area contributed by atoms with Crippen LogP contribution in [0.15, 0.2) is 24.3 Å². The molecule has 0 saturated carbocycles. The number of aryl methyl sites for hydroxylation is 1. The van der Waals surface area contributed by atoms with Gasteiger partial charge in [0.15, 0.2) is 0 Å². The van der Waals surface area contributed by atoms with Gasteiger partial charge in [-0.15, -0.1) is 0 Å². The summed E-state index contributed by atoms with van der Waals surface area (Å²) >= 11 is 0. The molecule has 1 aromatic heterocycles. The smallest absolute Gasteiger partial charge is 0.317 e. The maximum absolute atomic E-state index is 12.9. The van der Waals surface area contributed by atoms with Gasteiger partial charge in [-0.05, 0) is 32.0 Å². The molecule has 3 amide bonds. The number of benzene rings is 1. The molecule has 7 nitrogen and oxygen atoms in total. The van der Waals surface area contributed by atoms with Crippen LogP contribution in [-0.4, -0.2) is 66.6 Å². The lowest BCUT2D eigenvalue weighted by molar-refractivity contribution is 0.0664. The maximum atomic E-state index is 12.9. The number of carbonyl (C=O) groups excluding carboxylic acids is 2. The monoisotopic (exact) mass is 356 g/mol. The van der Waals surface area contributed by atoms with Crippen molar-refractivity contribution < 1.29 is 14.3 Å². The summed E-state index contributed by atoms with van der Waals surface area (Å²) in [7, 11) is 1.62. The van der Waals surface area contributed by atoms with Gasteiger partial charge in [-0.25, -0.2) is 4.79 Å². The van der Waals surface area contributed by atoms with Crippen molar-refractivity contribution in [1.82, 2.24) is 20.1 Å². The summed E-state index contributed by atoms with van der Waals surface area (Å²) in [5.41, 5.74) is 2.11. The third-order valence-corrected chi connectivity index (χ3v) is 4.63. The van der Waals surface area contributed by atoms with E-state index >= 15 is 0 Å². The molecular weight excluding hydrogens is 332 g/mol. The van der Waals surface area contributed by atoms with Gasteiger partial charge in [-0.3, -0.25) is 9.78 Å². The molecule has 0 atom stereocenters. The molecule has 1 fully saturated rings. The number of nitrogens with zero attached hydrogens (tertiary/aromatic N) is 3. The lowest BCUT2D eigenvalue weighted by Crippen LogP contribution is -2.53. The molecule has 2 aromatic rings. The highest BCUT2D eigenvalue weighted by atomic mass is 16.5. The summed E-state index contributed by atoms with van der Waals surface area (Å²) in [6.07, 6.45) is 0. The van der Waals surface area contributed by atoms with Crippen LogP contribution in [0.25, 0.3) is 10.9 Å². The molecule has 1 aliphatic heterocycles. The molecule has 2 heterocycles. The summed E-state index contributed by atoms with van der Waals surface area (Å²) in [4.78, 5) is 32.9. The highest BCUT2D eigenvalue weighted by Gasteiger charge is 2.25. The Kier molecular flexibility index (Phi) is 5.25. The first kappa shape index (κ1) is 18.0. The molecule has 7 heteroatoms. The fraction of sp³-hybridized carbons (Fsp3) is 0.421. The number of ether oxygens (including phenoxy) is 1. The minimum absolute atomic E-state index is 0.0386. The van der Waals surface area contributed by atoms with Crippen molar-refractivity contribution in [2.45, 2.75) is 13.8 Å². The zero-order chi connectivity index (χ0) is 18.7. The Morgan fingerprint density at radius 2 is 1.85 bits per heavy atom. The predicted molar refractivity (Wildman–Crippen MR) is 99.6 cm³/mol. The van der Waals surface area contributed by atoms with Crippen molar-refractivity contribution in [3.63, 3.8) is 0 Å². The number of carbonyl (C=O) groups is 2. The van der Waals surface area contributed by atoms with Crippen molar-refractivity contribution in [2.24, 2.45) is 0 Å². The molecule has 138 valence electrons. The summed E-state index contributed by atoms with van der Waals surface area (Å²) in [5.74, 6) is 0.702. The number of methoxy groups -OCH3 is 1. The number of pyridine rings is 1. The summed E-state index contributed by atoms with van der Waals surface area (Å²) in [6.45, 7) is 6.46. The van der Waals surface area contributed by atoms with Crippen molar-refractivity contribution in [2.75, 3.05) is 39.8 Å². The average molecular weight is 356 g/mol. The van der Waals surface area contributed by atoms with Crippen LogP contribution in [0.2, 0.25) is 0 Å². The van der Waals surface area contributed by atoms with E-state index in [1.165, 1.54) is 0 Å². The molecule has 26 heavy (non-hydrogen) atoms. The molecular formula is C19H24N4O3. The van der Waals surface area contributed by atoms with Crippen molar-refractivity contribution in [1.29, 1.82) is 0 Å². The van der Waals surface area contributed by atoms with Crippen LogP contribution in [0.1, 0.15) is 23.0 Å². The van der Waals surface area contributed by atoms with Gasteiger partial charge in [-0.1, -0.05) is 0 Å². The molecule has 1 aromatic carbocycles. The van der Waals surface area contributed by atoms with Crippen LogP contribution in [0, 0.1) is 6.92 Å². The first-order chi connectivity index (χ1) is 12.5. The molecule has 1 N–H and O–H groups in total. The van der Waals surface area contributed by atoms with E-state index < -0.39 is 0 Å². The van der Waals surface area contributed by atoms with E-state index in [-0.39, 0.29) is 11.9 Å². The highest BCUT2D eigenvalue weighted by Crippen LogP contribution is 2.22. The Bertz CT molecular complexity index is 829. The summed E-state index contributed by atoms with van der Waals surface area (Å²) < 4.78 is 5.23. The van der Waals surface area contributed by atoms with Crippen LogP contribution in [-0.2, 0) is 0 Å². The lowest BCUT2D eigenvalue weighted by Gasteiger charge is -2.34. The average Bonchev–Trinajstić information content (AvgIpc) is 2.66. The Morgan fingerprint density at radius 1 is 1.15 bits per heavy atom. The van der Waals surface area contributed by atoms with Crippen molar-refractivity contribution in [3.8, 4) is 5.75 Å². The summed E-state index contributed by atoms with van der Waals surface area (Å²) in [6, 6.07) is 7.44. The van der Waals surface area contributed by atoms with Gasteiger partial charge in [0, 0.05) is 44.2 Å². The highest BCUT2D eigenvalue weighted by molar-refractivity contribution is 5.99. The summed E-state index contributed by atoms with van der Waals surface area (Å²) in [5, 5.41) is 3.70. The fourth-order valence-corrected chi connectivity index (χ4v) is 3.13. The van der Waals surface area contributed by atoms with E-state index in [0.717, 1.165) is 16.7 Å². The van der Waals surface area contributed by atoms with E-state index in [1.54, 1.807) is 16.9 Å². The number of urea groups is 1. The van der Waals surface area contributed by atoms with Gasteiger partial charge in [-0.2, -0.15) is 0 Å². The number of rotatable bonds is 3. The molecule has 0 unspecified atom stereocenters. The second-order valence-corrected chi connectivity index (χ2v) is 6.29. The van der Waals surface area contributed by atoms with Crippen LogP contribution in [0.5, 0.6) is 5.75 Å². The van der Waals surface area contributed by atoms with Gasteiger partial charge in [0.05, 0.1) is 23.9 Å². The van der Waals surface area contributed by atoms with Crippen LogP contribution in [0.4, 0.5) is 4.79 Å². The van der Waals surface area contributed by atoms with Crippen molar-refractivity contribution >= 4 is 22.8 Å². The van der Waals surface area contributed by atoms with Crippen LogP contribution < -0.4 is 10.1 Å². The van der Waals surface area contributed by atoms with Crippen LogP contribution in [0.3, 0.4) is 0 Å². The SMILES string of the molecule is CCNC(=O)N1CCN(C(=O)c2cc3ccc(OC)cc3nc2C)CC1. The molecule has 0 spiro atoms. The normalized spacial score (nSPS) is 14.4. The third kappa shape index (κ3) is 3.56.